The van der Waals surface area contributed by atoms with Gasteiger partial charge in [-0.15, -0.1) is 21.5 Å². The van der Waals surface area contributed by atoms with Gasteiger partial charge in [0.05, 0.1) is 10.3 Å². The molecular weight excluding hydrogens is 434 g/mol. The molecule has 0 amide bonds. The molecule has 5 aromatic rings. The summed E-state index contributed by atoms with van der Waals surface area (Å²) in [5.74, 6) is 0.521. The summed E-state index contributed by atoms with van der Waals surface area (Å²) in [7, 11) is 0. The van der Waals surface area contributed by atoms with Crippen molar-refractivity contribution < 1.29 is 4.92 Å². The zero-order chi connectivity index (χ0) is 22.4. The van der Waals surface area contributed by atoms with E-state index in [1.54, 1.807) is 43.6 Å². The van der Waals surface area contributed by atoms with Crippen molar-refractivity contribution in [2.24, 2.45) is 0 Å². The van der Waals surface area contributed by atoms with E-state index in [1.165, 1.54) is 34.2 Å². The fourth-order valence-corrected chi connectivity index (χ4v) is 4.59. The zero-order valence-corrected chi connectivity index (χ0v) is 17.2. The van der Waals surface area contributed by atoms with Crippen LogP contribution in [-0.2, 0) is 0 Å². The SMILES string of the molecule is Cc1c(-c2ccc([N+](=O)[O-])cc2)sc2[nH]c(=O)n(-c3ccc(-n4cccn4)nn3)c(=O)c12. The van der Waals surface area contributed by atoms with Crippen LogP contribution in [0.2, 0.25) is 0 Å². The Labute approximate surface area is 182 Å². The summed E-state index contributed by atoms with van der Waals surface area (Å²) in [6, 6.07) is 10.9. The molecule has 12 heteroatoms. The lowest BCUT2D eigenvalue weighted by Crippen LogP contribution is -2.34. The van der Waals surface area contributed by atoms with E-state index >= 15 is 0 Å². The molecule has 32 heavy (non-hydrogen) atoms. The Hall–Kier alpha value is -4.45. The number of nitrogens with one attached hydrogen (secondary N) is 1. The van der Waals surface area contributed by atoms with Gasteiger partial charge in [-0.1, -0.05) is 0 Å². The molecule has 5 rings (SSSR count). The number of nitro groups is 1. The standard InChI is InChI=1S/C20H13N7O4S/c1-11-16-18(32-17(11)12-3-5-13(6-4-12)27(30)31)22-20(29)26(19(16)28)15-8-7-14(23-24-15)25-10-2-9-21-25/h2-10H,1H3,(H,22,29). The topological polar surface area (TPSA) is 142 Å². The number of rotatable bonds is 4. The molecule has 11 nitrogen and oxygen atoms in total. The van der Waals surface area contributed by atoms with Crippen LogP contribution >= 0.6 is 11.3 Å². The third-order valence-corrected chi connectivity index (χ3v) is 6.19. The number of benzene rings is 1. The van der Waals surface area contributed by atoms with E-state index in [0.717, 1.165) is 9.44 Å². The van der Waals surface area contributed by atoms with E-state index in [1.807, 2.05) is 0 Å². The number of nitrogens with zero attached hydrogens (tertiary/aromatic N) is 6. The highest BCUT2D eigenvalue weighted by atomic mass is 32.1. The van der Waals surface area contributed by atoms with E-state index in [9.17, 15) is 19.7 Å². The van der Waals surface area contributed by atoms with Crippen molar-refractivity contribution in [1.82, 2.24) is 29.5 Å². The van der Waals surface area contributed by atoms with Gasteiger partial charge in [-0.3, -0.25) is 19.9 Å². The monoisotopic (exact) mass is 447 g/mol. The van der Waals surface area contributed by atoms with Gasteiger partial charge >= 0.3 is 5.69 Å². The fourth-order valence-electron chi connectivity index (χ4n) is 3.40. The van der Waals surface area contributed by atoms with Crippen molar-refractivity contribution in [3.05, 3.63) is 91.4 Å². The van der Waals surface area contributed by atoms with Crippen molar-refractivity contribution in [3.63, 3.8) is 0 Å². The first kappa shape index (κ1) is 19.5. The predicted molar refractivity (Wildman–Crippen MR) is 118 cm³/mol. The van der Waals surface area contributed by atoms with Crippen LogP contribution in [-0.4, -0.2) is 34.5 Å². The normalized spacial score (nSPS) is 11.2. The Balaban J connectivity index is 1.63. The van der Waals surface area contributed by atoms with E-state index in [-0.39, 0.29) is 11.5 Å². The number of H-pyrrole nitrogens is 1. The van der Waals surface area contributed by atoms with Crippen molar-refractivity contribution >= 4 is 27.2 Å². The average Bonchev–Trinajstić information content (AvgIpc) is 3.43. The summed E-state index contributed by atoms with van der Waals surface area (Å²) in [5.41, 5.74) is 0.187. The lowest BCUT2D eigenvalue weighted by Gasteiger charge is -2.05. The van der Waals surface area contributed by atoms with Gasteiger partial charge in [0.15, 0.2) is 11.6 Å². The summed E-state index contributed by atoms with van der Waals surface area (Å²) >= 11 is 1.24. The minimum Gasteiger partial charge on any atom is -0.298 e. The van der Waals surface area contributed by atoms with E-state index in [2.05, 4.69) is 20.3 Å². The average molecular weight is 447 g/mol. The van der Waals surface area contributed by atoms with Gasteiger partial charge in [-0.05, 0) is 48.4 Å². The predicted octanol–water partition coefficient (Wildman–Crippen LogP) is 2.60. The van der Waals surface area contributed by atoms with Crippen LogP contribution in [0.15, 0.2) is 64.4 Å². The van der Waals surface area contributed by atoms with Crippen LogP contribution in [0, 0.1) is 17.0 Å². The zero-order valence-electron chi connectivity index (χ0n) is 16.4. The third kappa shape index (κ3) is 3.09. The lowest BCUT2D eigenvalue weighted by molar-refractivity contribution is -0.384. The summed E-state index contributed by atoms with van der Waals surface area (Å²) in [4.78, 5) is 40.3. The molecule has 0 unspecified atom stereocenters. The molecule has 0 fully saturated rings. The molecule has 0 aliphatic rings. The van der Waals surface area contributed by atoms with Gasteiger partial charge in [0.2, 0.25) is 0 Å². The third-order valence-electron chi connectivity index (χ3n) is 4.93. The minimum atomic E-state index is -0.639. The van der Waals surface area contributed by atoms with E-state index in [4.69, 9.17) is 0 Å². The Morgan fingerprint density at radius 3 is 2.41 bits per heavy atom. The quantitative estimate of drug-likeness (QED) is 0.330. The molecule has 4 aromatic heterocycles. The number of hydrogen-bond donors (Lipinski definition) is 1. The number of nitro benzene ring substituents is 1. The Bertz CT molecular complexity index is 1580. The number of non-ortho nitro benzene ring substituents is 1. The van der Waals surface area contributed by atoms with Crippen LogP contribution in [0.1, 0.15) is 5.56 Å². The van der Waals surface area contributed by atoms with E-state index in [0.29, 0.717) is 27.2 Å². The molecule has 0 radical (unpaired) electrons. The first-order chi connectivity index (χ1) is 15.4. The van der Waals surface area contributed by atoms with Crippen molar-refractivity contribution in [3.8, 4) is 22.1 Å². The molecule has 4 heterocycles. The van der Waals surface area contributed by atoms with Crippen molar-refractivity contribution in [2.45, 2.75) is 6.92 Å². The fraction of sp³-hybridized carbons (Fsp3) is 0.0500. The Morgan fingerprint density at radius 1 is 1.06 bits per heavy atom. The van der Waals surface area contributed by atoms with Gasteiger partial charge in [0.1, 0.15) is 4.83 Å². The molecule has 158 valence electrons. The first-order valence-corrected chi connectivity index (χ1v) is 10.1. The summed E-state index contributed by atoms with van der Waals surface area (Å²) < 4.78 is 2.44. The van der Waals surface area contributed by atoms with Gasteiger partial charge in [0, 0.05) is 29.4 Å². The highest BCUT2D eigenvalue weighted by Crippen LogP contribution is 2.36. The highest BCUT2D eigenvalue weighted by molar-refractivity contribution is 7.22. The Kier molecular flexibility index (Phi) is 4.48. The number of aromatic nitrogens is 6. The summed E-state index contributed by atoms with van der Waals surface area (Å²) in [5, 5.41) is 23.4. The molecule has 0 saturated heterocycles. The van der Waals surface area contributed by atoms with Crippen molar-refractivity contribution in [1.29, 1.82) is 0 Å². The summed E-state index contributed by atoms with van der Waals surface area (Å²) in [6.45, 7) is 1.77. The van der Waals surface area contributed by atoms with Crippen LogP contribution in [0.3, 0.4) is 0 Å². The van der Waals surface area contributed by atoms with Crippen LogP contribution in [0.4, 0.5) is 5.69 Å². The molecule has 0 aliphatic heterocycles. The molecule has 0 aliphatic carbocycles. The summed E-state index contributed by atoms with van der Waals surface area (Å²) in [6.07, 6.45) is 3.30. The Morgan fingerprint density at radius 2 is 1.78 bits per heavy atom. The molecule has 1 N–H and O–H groups in total. The van der Waals surface area contributed by atoms with Gasteiger partial charge in [-0.25, -0.2) is 14.0 Å². The van der Waals surface area contributed by atoms with Gasteiger partial charge < -0.3 is 0 Å². The largest absolute Gasteiger partial charge is 0.335 e. The molecule has 0 spiro atoms. The highest BCUT2D eigenvalue weighted by Gasteiger charge is 2.19. The van der Waals surface area contributed by atoms with Crippen molar-refractivity contribution in [2.75, 3.05) is 0 Å². The number of aromatic amines is 1. The lowest BCUT2D eigenvalue weighted by atomic mass is 10.1. The number of aryl methyl sites for hydroxylation is 1. The van der Waals surface area contributed by atoms with Gasteiger partial charge in [-0.2, -0.15) is 5.10 Å². The number of thiophene rings is 1. The minimum absolute atomic E-state index is 0.0274. The number of hydrogen-bond acceptors (Lipinski definition) is 8. The first-order valence-electron chi connectivity index (χ1n) is 9.31. The molecule has 0 atom stereocenters. The second-order valence-electron chi connectivity index (χ2n) is 6.84. The van der Waals surface area contributed by atoms with Gasteiger partial charge in [0.25, 0.3) is 11.2 Å². The van der Waals surface area contributed by atoms with Crippen LogP contribution in [0.5, 0.6) is 0 Å². The van der Waals surface area contributed by atoms with E-state index < -0.39 is 16.2 Å². The molecule has 0 saturated carbocycles. The smallest absolute Gasteiger partial charge is 0.298 e. The second kappa shape index (κ2) is 7.35. The van der Waals surface area contributed by atoms with Crippen LogP contribution < -0.4 is 11.2 Å². The molecular formula is C20H13N7O4S. The maximum absolute atomic E-state index is 13.2. The maximum atomic E-state index is 13.2. The van der Waals surface area contributed by atoms with Crippen LogP contribution in [0.25, 0.3) is 32.3 Å². The molecule has 1 aromatic carbocycles. The second-order valence-corrected chi connectivity index (χ2v) is 7.86. The number of fused-ring (bicyclic) bond motifs is 1. The maximum Gasteiger partial charge on any atom is 0.335 e. The molecule has 0 bridgehead atoms.